The first-order chi connectivity index (χ1) is 10.8. The van der Waals surface area contributed by atoms with Crippen molar-refractivity contribution in [3.8, 4) is 0 Å². The Balaban J connectivity index is 1.64. The smallest absolute Gasteiger partial charge is 0.309 e. The molecular weight excluding hydrogens is 276 g/mol. The maximum Gasteiger partial charge on any atom is 0.309 e. The molecule has 0 amide bonds. The number of aromatic nitrogens is 1. The van der Waals surface area contributed by atoms with E-state index in [-0.39, 0.29) is 11.9 Å². The molecule has 0 saturated carbocycles. The van der Waals surface area contributed by atoms with Gasteiger partial charge < -0.3 is 4.74 Å². The van der Waals surface area contributed by atoms with Crippen molar-refractivity contribution in [2.75, 3.05) is 19.7 Å². The molecule has 1 aliphatic rings. The lowest BCUT2D eigenvalue weighted by Crippen LogP contribution is -2.36. The molecule has 0 spiro atoms. The predicted octanol–water partition coefficient (Wildman–Crippen LogP) is 3.01. The number of pyridine rings is 1. The second kappa shape index (κ2) is 6.88. The van der Waals surface area contributed by atoms with Crippen molar-refractivity contribution < 1.29 is 9.53 Å². The van der Waals surface area contributed by atoms with Gasteiger partial charge in [0.1, 0.15) is 0 Å². The highest BCUT2D eigenvalue weighted by Crippen LogP contribution is 2.23. The number of ether oxygens (including phenoxy) is 1. The van der Waals surface area contributed by atoms with E-state index < -0.39 is 0 Å². The van der Waals surface area contributed by atoms with Crippen LogP contribution in [-0.4, -0.2) is 35.5 Å². The largest absolute Gasteiger partial charge is 0.466 e. The van der Waals surface area contributed by atoms with Crippen LogP contribution in [-0.2, 0) is 16.1 Å². The highest BCUT2D eigenvalue weighted by atomic mass is 16.5. The maximum absolute atomic E-state index is 11.8. The van der Waals surface area contributed by atoms with E-state index in [0.717, 1.165) is 38.0 Å². The van der Waals surface area contributed by atoms with Gasteiger partial charge in [0, 0.05) is 18.1 Å². The third-order valence-corrected chi connectivity index (χ3v) is 4.32. The van der Waals surface area contributed by atoms with Crippen LogP contribution in [0.3, 0.4) is 0 Å². The summed E-state index contributed by atoms with van der Waals surface area (Å²) in [5.41, 5.74) is 2.34. The van der Waals surface area contributed by atoms with E-state index in [1.165, 1.54) is 10.9 Å². The van der Waals surface area contributed by atoms with Crippen LogP contribution in [0.4, 0.5) is 0 Å². The standard InChI is InChI=1S/C18H22N2O2/c1-2-22-18(21)15-8-11-20(12-9-15)13-16-6-3-5-14-7-4-10-19-17(14)16/h3-7,10,15H,2,8-9,11-13H2,1H3. The average molecular weight is 298 g/mol. The molecule has 1 aliphatic heterocycles. The van der Waals surface area contributed by atoms with Crippen molar-refractivity contribution in [2.45, 2.75) is 26.3 Å². The molecule has 0 unspecified atom stereocenters. The normalized spacial score (nSPS) is 16.8. The zero-order chi connectivity index (χ0) is 15.4. The molecule has 0 bridgehead atoms. The highest BCUT2D eigenvalue weighted by Gasteiger charge is 2.26. The number of benzene rings is 1. The number of rotatable bonds is 4. The molecule has 1 saturated heterocycles. The number of para-hydroxylation sites is 1. The number of nitrogens with zero attached hydrogens (tertiary/aromatic N) is 2. The van der Waals surface area contributed by atoms with Crippen LogP contribution in [0.1, 0.15) is 25.3 Å². The number of likely N-dealkylation sites (tertiary alicyclic amines) is 1. The number of piperidine rings is 1. The first kappa shape index (κ1) is 15.0. The fraction of sp³-hybridized carbons (Fsp3) is 0.444. The van der Waals surface area contributed by atoms with Gasteiger partial charge in [0.05, 0.1) is 18.0 Å². The molecule has 0 radical (unpaired) electrons. The van der Waals surface area contributed by atoms with Crippen molar-refractivity contribution in [1.29, 1.82) is 0 Å². The van der Waals surface area contributed by atoms with Crippen molar-refractivity contribution in [1.82, 2.24) is 9.88 Å². The van der Waals surface area contributed by atoms with E-state index in [2.05, 4.69) is 34.1 Å². The second-order valence-corrected chi connectivity index (χ2v) is 5.79. The van der Waals surface area contributed by atoms with Gasteiger partial charge in [0.25, 0.3) is 0 Å². The van der Waals surface area contributed by atoms with Crippen molar-refractivity contribution >= 4 is 16.9 Å². The summed E-state index contributed by atoms with van der Waals surface area (Å²) in [4.78, 5) is 18.7. The SMILES string of the molecule is CCOC(=O)C1CCN(Cc2cccc3cccnc23)CC1. The Morgan fingerprint density at radius 1 is 1.27 bits per heavy atom. The van der Waals surface area contributed by atoms with Crippen LogP contribution in [0, 0.1) is 5.92 Å². The van der Waals surface area contributed by atoms with Gasteiger partial charge in [-0.1, -0.05) is 24.3 Å². The highest BCUT2D eigenvalue weighted by molar-refractivity contribution is 5.81. The lowest BCUT2D eigenvalue weighted by Gasteiger charge is -2.30. The number of hydrogen-bond acceptors (Lipinski definition) is 4. The number of carbonyl (C=O) groups is 1. The lowest BCUT2D eigenvalue weighted by atomic mass is 9.96. The Kier molecular flexibility index (Phi) is 4.68. The van der Waals surface area contributed by atoms with Crippen LogP contribution in [0.2, 0.25) is 0 Å². The number of hydrogen-bond donors (Lipinski definition) is 0. The van der Waals surface area contributed by atoms with Gasteiger partial charge in [0.2, 0.25) is 0 Å². The Hall–Kier alpha value is -1.94. The zero-order valence-electron chi connectivity index (χ0n) is 13.0. The van der Waals surface area contributed by atoms with E-state index in [1.54, 1.807) is 0 Å². The first-order valence-electron chi connectivity index (χ1n) is 7.99. The van der Waals surface area contributed by atoms with Gasteiger partial charge in [-0.2, -0.15) is 0 Å². The molecule has 1 fully saturated rings. The van der Waals surface area contributed by atoms with Gasteiger partial charge >= 0.3 is 5.97 Å². The molecule has 22 heavy (non-hydrogen) atoms. The van der Waals surface area contributed by atoms with E-state index in [1.807, 2.05) is 19.2 Å². The fourth-order valence-corrected chi connectivity index (χ4v) is 3.12. The average Bonchev–Trinajstić information content (AvgIpc) is 2.56. The Morgan fingerprint density at radius 3 is 2.82 bits per heavy atom. The van der Waals surface area contributed by atoms with Gasteiger partial charge in [-0.15, -0.1) is 0 Å². The number of fused-ring (bicyclic) bond motifs is 1. The van der Waals surface area contributed by atoms with E-state index in [0.29, 0.717) is 6.61 Å². The monoisotopic (exact) mass is 298 g/mol. The van der Waals surface area contributed by atoms with Crippen LogP contribution >= 0.6 is 0 Å². The molecule has 116 valence electrons. The first-order valence-corrected chi connectivity index (χ1v) is 7.99. The topological polar surface area (TPSA) is 42.4 Å². The molecule has 2 heterocycles. The Morgan fingerprint density at radius 2 is 2.05 bits per heavy atom. The minimum absolute atomic E-state index is 0.0334. The summed E-state index contributed by atoms with van der Waals surface area (Å²) >= 11 is 0. The van der Waals surface area contributed by atoms with Gasteiger partial charge in [0.15, 0.2) is 0 Å². The van der Waals surface area contributed by atoms with E-state index in [4.69, 9.17) is 4.74 Å². The van der Waals surface area contributed by atoms with Crippen LogP contribution in [0.25, 0.3) is 10.9 Å². The molecule has 0 atom stereocenters. The molecule has 4 heteroatoms. The summed E-state index contributed by atoms with van der Waals surface area (Å²) < 4.78 is 5.13. The second-order valence-electron chi connectivity index (χ2n) is 5.79. The summed E-state index contributed by atoms with van der Waals surface area (Å²) in [5, 5.41) is 1.18. The third kappa shape index (κ3) is 3.28. The fourth-order valence-electron chi connectivity index (χ4n) is 3.12. The number of esters is 1. The minimum Gasteiger partial charge on any atom is -0.466 e. The lowest BCUT2D eigenvalue weighted by molar-refractivity contribution is -0.149. The van der Waals surface area contributed by atoms with Crippen molar-refractivity contribution in [3.63, 3.8) is 0 Å². The van der Waals surface area contributed by atoms with Gasteiger partial charge in [-0.3, -0.25) is 14.7 Å². The number of carbonyl (C=O) groups excluding carboxylic acids is 1. The Bertz CT molecular complexity index is 643. The minimum atomic E-state index is -0.0334. The van der Waals surface area contributed by atoms with Gasteiger partial charge in [-0.05, 0) is 44.5 Å². The third-order valence-electron chi connectivity index (χ3n) is 4.32. The Labute approximate surface area is 131 Å². The summed E-state index contributed by atoms with van der Waals surface area (Å²) in [7, 11) is 0. The molecule has 3 rings (SSSR count). The van der Waals surface area contributed by atoms with Crippen molar-refractivity contribution in [2.24, 2.45) is 5.92 Å². The van der Waals surface area contributed by atoms with E-state index >= 15 is 0 Å². The summed E-state index contributed by atoms with van der Waals surface area (Å²) in [6.45, 7) is 5.10. The van der Waals surface area contributed by atoms with Crippen molar-refractivity contribution in [3.05, 3.63) is 42.1 Å². The summed E-state index contributed by atoms with van der Waals surface area (Å²) in [5.74, 6) is 0.0378. The van der Waals surface area contributed by atoms with Crippen LogP contribution < -0.4 is 0 Å². The molecule has 2 aromatic rings. The quantitative estimate of drug-likeness (QED) is 0.814. The van der Waals surface area contributed by atoms with E-state index in [9.17, 15) is 4.79 Å². The molecule has 1 aromatic carbocycles. The molecule has 1 aromatic heterocycles. The van der Waals surface area contributed by atoms with Crippen LogP contribution in [0.5, 0.6) is 0 Å². The molecule has 4 nitrogen and oxygen atoms in total. The molecule has 0 N–H and O–H groups in total. The zero-order valence-corrected chi connectivity index (χ0v) is 13.0. The van der Waals surface area contributed by atoms with Gasteiger partial charge in [-0.25, -0.2) is 0 Å². The summed E-state index contributed by atoms with van der Waals surface area (Å²) in [6, 6.07) is 10.4. The molecule has 0 aliphatic carbocycles. The summed E-state index contributed by atoms with van der Waals surface area (Å²) in [6.07, 6.45) is 3.62. The maximum atomic E-state index is 11.8. The predicted molar refractivity (Wildman–Crippen MR) is 86.4 cm³/mol. The molecular formula is C18H22N2O2. The van der Waals surface area contributed by atoms with Crippen LogP contribution in [0.15, 0.2) is 36.5 Å².